The second-order valence-corrected chi connectivity index (χ2v) is 2.12. The summed E-state index contributed by atoms with van der Waals surface area (Å²) in [6, 6.07) is 0. The van der Waals surface area contributed by atoms with Crippen molar-refractivity contribution in [2.45, 2.75) is 20.3 Å². The van der Waals surface area contributed by atoms with E-state index in [2.05, 4.69) is 35.1 Å². The van der Waals surface area contributed by atoms with Crippen LogP contribution < -0.4 is 0 Å². The van der Waals surface area contributed by atoms with Crippen LogP contribution in [0.25, 0.3) is 0 Å². The van der Waals surface area contributed by atoms with E-state index in [0.29, 0.717) is 6.42 Å². The van der Waals surface area contributed by atoms with Crippen molar-refractivity contribution in [3.05, 3.63) is 11.6 Å². The van der Waals surface area contributed by atoms with E-state index in [1.165, 1.54) is 0 Å². The van der Waals surface area contributed by atoms with Gasteiger partial charge >= 0.3 is 0 Å². The van der Waals surface area contributed by atoms with Gasteiger partial charge in [0.05, 0.1) is 6.61 Å². The summed E-state index contributed by atoms with van der Waals surface area (Å²) in [6.45, 7) is 4.14. The molecule has 0 spiro atoms. The van der Waals surface area contributed by atoms with Crippen molar-refractivity contribution in [3.63, 3.8) is 0 Å². The van der Waals surface area contributed by atoms with Crippen molar-refractivity contribution < 1.29 is 40.4 Å². The summed E-state index contributed by atoms with van der Waals surface area (Å²) < 4.78 is 0. The molecule has 0 aliphatic heterocycles. The predicted molar refractivity (Wildman–Crippen MR) is 39.1 cm³/mol. The molecule has 0 amide bonds. The van der Waals surface area contributed by atoms with E-state index in [1.807, 2.05) is 19.9 Å². The van der Waals surface area contributed by atoms with Crippen LogP contribution in [0.5, 0.6) is 0 Å². The minimum absolute atomic E-state index is 0.289. The molecule has 0 bridgehead atoms. The SMILES string of the molecule is C/C=C(\C)CCOOOOOOOO. The molecule has 0 aliphatic carbocycles. The van der Waals surface area contributed by atoms with Crippen molar-refractivity contribution in [3.8, 4) is 0 Å². The lowest BCUT2D eigenvalue weighted by atomic mass is 10.2. The van der Waals surface area contributed by atoms with Gasteiger partial charge in [0.2, 0.25) is 0 Å². The third-order valence-corrected chi connectivity index (χ3v) is 1.26. The smallest absolute Gasteiger partial charge is 0.0891 e. The topological polar surface area (TPSA) is 84.8 Å². The number of hydrogen-bond donors (Lipinski definition) is 1. The Morgan fingerprint density at radius 1 is 1.14 bits per heavy atom. The van der Waals surface area contributed by atoms with E-state index in [-0.39, 0.29) is 6.61 Å². The second kappa shape index (κ2) is 10.5. The number of allylic oxidation sites excluding steroid dienone is 1. The number of rotatable bonds is 9. The Kier molecular flexibility index (Phi) is 10.1. The summed E-state index contributed by atoms with van der Waals surface area (Å²) in [7, 11) is 0. The average Bonchev–Trinajstić information content (AvgIpc) is 2.21. The maximum atomic E-state index is 7.53. The van der Waals surface area contributed by atoms with Crippen LogP contribution in [-0.4, -0.2) is 11.9 Å². The molecule has 1 N–H and O–H groups in total. The van der Waals surface area contributed by atoms with Crippen molar-refractivity contribution in [2.75, 3.05) is 6.61 Å². The number of hydrogen-bond acceptors (Lipinski definition) is 8. The lowest BCUT2D eigenvalue weighted by Gasteiger charge is -2.00. The molecular weight excluding hydrogens is 200 g/mol. The molecule has 0 atom stereocenters. The Bertz CT molecular complexity index is 147. The molecular formula is C6H12O8. The fraction of sp³-hybridized carbons (Fsp3) is 0.667. The quantitative estimate of drug-likeness (QED) is 0.266. The molecule has 0 radical (unpaired) electrons. The predicted octanol–water partition coefficient (Wildman–Crippen LogP) is 1.42. The second-order valence-electron chi connectivity index (χ2n) is 2.12. The van der Waals surface area contributed by atoms with Crippen LogP contribution in [0.4, 0.5) is 0 Å². The van der Waals surface area contributed by atoms with E-state index < -0.39 is 0 Å². The zero-order valence-electron chi connectivity index (χ0n) is 7.80. The van der Waals surface area contributed by atoms with Gasteiger partial charge in [-0.3, -0.25) is 0 Å². The van der Waals surface area contributed by atoms with Gasteiger partial charge in [-0.05, 0) is 50.5 Å². The van der Waals surface area contributed by atoms with E-state index in [1.54, 1.807) is 0 Å². The minimum Gasteiger partial charge on any atom is -0.219 e. The standard InChI is InChI=1S/C6H12O8/c1-3-6(2)4-5-8-10-12-14-13-11-9-7/h3,7H,4-5H2,1-2H3/b6-3+. The third-order valence-electron chi connectivity index (χ3n) is 1.26. The van der Waals surface area contributed by atoms with E-state index in [0.717, 1.165) is 5.57 Å². The molecule has 0 saturated heterocycles. The first-order valence-electron chi connectivity index (χ1n) is 3.69. The molecule has 8 heteroatoms. The van der Waals surface area contributed by atoms with Crippen molar-refractivity contribution in [1.29, 1.82) is 0 Å². The van der Waals surface area contributed by atoms with E-state index in [4.69, 9.17) is 5.26 Å². The van der Waals surface area contributed by atoms with Crippen molar-refractivity contribution in [1.82, 2.24) is 0 Å². The fourth-order valence-corrected chi connectivity index (χ4v) is 0.447. The first kappa shape index (κ1) is 13.4. The summed E-state index contributed by atoms with van der Waals surface area (Å²) >= 11 is 0. The molecule has 0 aliphatic rings. The van der Waals surface area contributed by atoms with Gasteiger partial charge in [0.1, 0.15) is 0 Å². The summed E-state index contributed by atoms with van der Waals surface area (Å²) in [6.07, 6.45) is 2.63. The van der Waals surface area contributed by atoms with Gasteiger partial charge in [-0.25, -0.2) is 10.1 Å². The molecule has 0 aromatic carbocycles. The highest BCUT2D eigenvalue weighted by Gasteiger charge is 1.94. The fourth-order valence-electron chi connectivity index (χ4n) is 0.447. The Balaban J connectivity index is 2.99. The third kappa shape index (κ3) is 9.51. The maximum absolute atomic E-state index is 7.53. The summed E-state index contributed by atoms with van der Waals surface area (Å²) in [4.78, 5) is 4.46. The summed E-state index contributed by atoms with van der Waals surface area (Å²) in [5.74, 6) is 0. The molecule has 84 valence electrons. The summed E-state index contributed by atoms with van der Waals surface area (Å²) in [5, 5.41) is 28.8. The first-order chi connectivity index (χ1) is 6.81. The van der Waals surface area contributed by atoms with Crippen LogP contribution in [-0.2, 0) is 35.1 Å². The normalized spacial score (nSPS) is 12.1. The van der Waals surface area contributed by atoms with Crippen LogP contribution >= 0.6 is 0 Å². The van der Waals surface area contributed by atoms with Gasteiger partial charge in [0, 0.05) is 0 Å². The highest BCUT2D eigenvalue weighted by Crippen LogP contribution is 1.99. The highest BCUT2D eigenvalue weighted by atomic mass is 17.9. The van der Waals surface area contributed by atoms with Gasteiger partial charge < -0.3 is 0 Å². The van der Waals surface area contributed by atoms with Crippen LogP contribution in [0.15, 0.2) is 11.6 Å². The molecule has 14 heavy (non-hydrogen) atoms. The van der Waals surface area contributed by atoms with Gasteiger partial charge in [0.15, 0.2) is 0 Å². The van der Waals surface area contributed by atoms with E-state index >= 15 is 0 Å². The molecule has 0 aromatic rings. The highest BCUT2D eigenvalue weighted by molar-refractivity contribution is 4.94. The Hall–Kier alpha value is -0.580. The molecule has 0 heterocycles. The molecule has 0 fully saturated rings. The summed E-state index contributed by atoms with van der Waals surface area (Å²) in [5.41, 5.74) is 1.14. The van der Waals surface area contributed by atoms with Crippen molar-refractivity contribution >= 4 is 0 Å². The average molecular weight is 212 g/mol. The molecule has 8 nitrogen and oxygen atoms in total. The zero-order valence-corrected chi connectivity index (χ0v) is 7.80. The van der Waals surface area contributed by atoms with Gasteiger partial charge in [0.25, 0.3) is 0 Å². The van der Waals surface area contributed by atoms with Crippen LogP contribution in [0.2, 0.25) is 0 Å². The molecule has 0 saturated carbocycles. The Morgan fingerprint density at radius 3 is 2.43 bits per heavy atom. The monoisotopic (exact) mass is 212 g/mol. The van der Waals surface area contributed by atoms with Gasteiger partial charge in [-0.2, -0.15) is 0 Å². The van der Waals surface area contributed by atoms with Crippen LogP contribution in [0, 0.1) is 0 Å². The first-order valence-corrected chi connectivity index (χ1v) is 3.69. The largest absolute Gasteiger partial charge is 0.219 e. The van der Waals surface area contributed by atoms with Crippen LogP contribution in [0.1, 0.15) is 20.3 Å². The molecule has 0 unspecified atom stereocenters. The van der Waals surface area contributed by atoms with Gasteiger partial charge in [-0.15, -0.1) is 0 Å². The lowest BCUT2D eigenvalue weighted by Crippen LogP contribution is -2.01. The van der Waals surface area contributed by atoms with E-state index in [9.17, 15) is 0 Å². The van der Waals surface area contributed by atoms with Gasteiger partial charge in [-0.1, -0.05) is 11.6 Å². The Labute approximate surface area is 80.0 Å². The van der Waals surface area contributed by atoms with Crippen molar-refractivity contribution in [2.24, 2.45) is 0 Å². The zero-order chi connectivity index (χ0) is 10.6. The minimum atomic E-state index is 0.289. The molecule has 0 aromatic heterocycles. The lowest BCUT2D eigenvalue weighted by molar-refractivity contribution is -0.812. The van der Waals surface area contributed by atoms with Crippen LogP contribution in [0.3, 0.4) is 0 Å². The molecule has 0 rings (SSSR count). The maximum Gasteiger partial charge on any atom is 0.0891 e. The Morgan fingerprint density at radius 2 is 1.79 bits per heavy atom.